The third-order valence-electron chi connectivity index (χ3n) is 3.79. The van der Waals surface area contributed by atoms with Crippen LogP contribution in [-0.4, -0.2) is 37.7 Å². The van der Waals surface area contributed by atoms with Crippen molar-refractivity contribution in [1.82, 2.24) is 4.90 Å². The minimum atomic E-state index is 0.544. The summed E-state index contributed by atoms with van der Waals surface area (Å²) in [6, 6.07) is 6.43. The van der Waals surface area contributed by atoms with Crippen molar-refractivity contribution in [1.29, 1.82) is 0 Å². The number of likely N-dealkylation sites (tertiary alicyclic amines) is 1. The Morgan fingerprint density at radius 1 is 1.37 bits per heavy atom. The van der Waals surface area contributed by atoms with E-state index in [4.69, 9.17) is 16.3 Å². The summed E-state index contributed by atoms with van der Waals surface area (Å²) in [6.45, 7) is 5.79. The Morgan fingerprint density at radius 2 is 2.21 bits per heavy atom. The van der Waals surface area contributed by atoms with Gasteiger partial charge in [0.15, 0.2) is 0 Å². The van der Waals surface area contributed by atoms with Crippen molar-refractivity contribution in [2.45, 2.75) is 32.2 Å². The third-order valence-corrected chi connectivity index (χ3v) is 4.10. The average molecular weight is 283 g/mol. The second kappa shape index (κ2) is 7.01. The smallest absolute Gasteiger partial charge is 0.139 e. The van der Waals surface area contributed by atoms with Crippen LogP contribution in [0.15, 0.2) is 18.2 Å². The van der Waals surface area contributed by atoms with Crippen LogP contribution < -0.4 is 10.1 Å². The molecule has 0 spiro atoms. The van der Waals surface area contributed by atoms with Crippen molar-refractivity contribution in [2.24, 2.45) is 0 Å². The lowest BCUT2D eigenvalue weighted by molar-refractivity contribution is 0.300. The van der Waals surface area contributed by atoms with E-state index in [-0.39, 0.29) is 0 Å². The minimum absolute atomic E-state index is 0.544. The number of anilines is 1. The van der Waals surface area contributed by atoms with E-state index in [2.05, 4.69) is 17.1 Å². The Kier molecular flexibility index (Phi) is 5.34. The maximum atomic E-state index is 6.04. The molecule has 0 saturated carbocycles. The molecule has 2 rings (SSSR count). The molecule has 1 saturated heterocycles. The number of hydrogen-bond donors (Lipinski definition) is 1. The van der Waals surface area contributed by atoms with Gasteiger partial charge in [-0.1, -0.05) is 18.5 Å². The molecule has 1 aliphatic rings. The van der Waals surface area contributed by atoms with Crippen LogP contribution in [-0.2, 0) is 0 Å². The number of nitrogens with one attached hydrogen (secondary N) is 1. The number of ether oxygens (including phenoxy) is 1. The maximum absolute atomic E-state index is 6.04. The van der Waals surface area contributed by atoms with Gasteiger partial charge in [0.05, 0.1) is 12.1 Å². The molecule has 3 nitrogen and oxygen atoms in total. The molecule has 1 fully saturated rings. The predicted octanol–water partition coefficient (Wildman–Crippen LogP) is 3.63. The van der Waals surface area contributed by atoms with E-state index in [1.54, 1.807) is 7.11 Å². The summed E-state index contributed by atoms with van der Waals surface area (Å²) in [6.07, 6.45) is 3.68. The molecule has 1 aliphatic heterocycles. The first-order valence-corrected chi connectivity index (χ1v) is 7.43. The zero-order valence-electron chi connectivity index (χ0n) is 11.8. The van der Waals surface area contributed by atoms with Gasteiger partial charge >= 0.3 is 0 Å². The van der Waals surface area contributed by atoms with E-state index in [0.717, 1.165) is 18.0 Å². The molecule has 1 unspecified atom stereocenters. The second-order valence-electron chi connectivity index (χ2n) is 5.06. The SMILES string of the molecule is CCN1CCCC(Nc2ccc(Cl)c(OC)c2)CC1. The van der Waals surface area contributed by atoms with E-state index in [1.165, 1.54) is 32.4 Å². The molecule has 0 radical (unpaired) electrons. The topological polar surface area (TPSA) is 24.5 Å². The van der Waals surface area contributed by atoms with Gasteiger partial charge in [0, 0.05) is 24.3 Å². The summed E-state index contributed by atoms with van der Waals surface area (Å²) in [5.74, 6) is 0.732. The fourth-order valence-electron chi connectivity index (χ4n) is 2.60. The fraction of sp³-hybridized carbons (Fsp3) is 0.600. The van der Waals surface area contributed by atoms with Crippen LogP contribution in [0.5, 0.6) is 5.75 Å². The van der Waals surface area contributed by atoms with Crippen molar-refractivity contribution in [3.63, 3.8) is 0 Å². The fourth-order valence-corrected chi connectivity index (χ4v) is 2.80. The number of halogens is 1. The van der Waals surface area contributed by atoms with Crippen LogP contribution in [0, 0.1) is 0 Å². The molecule has 106 valence electrons. The van der Waals surface area contributed by atoms with Gasteiger partial charge in [-0.2, -0.15) is 0 Å². The monoisotopic (exact) mass is 282 g/mol. The number of rotatable bonds is 4. The van der Waals surface area contributed by atoms with Crippen LogP contribution in [0.3, 0.4) is 0 Å². The summed E-state index contributed by atoms with van der Waals surface area (Å²) in [5.41, 5.74) is 1.09. The Hall–Kier alpha value is -0.930. The lowest BCUT2D eigenvalue weighted by Crippen LogP contribution is -2.26. The zero-order valence-corrected chi connectivity index (χ0v) is 12.5. The Morgan fingerprint density at radius 3 is 2.95 bits per heavy atom. The molecule has 1 N–H and O–H groups in total. The largest absolute Gasteiger partial charge is 0.495 e. The molecule has 1 aromatic carbocycles. The number of benzene rings is 1. The highest BCUT2D eigenvalue weighted by atomic mass is 35.5. The molecular weight excluding hydrogens is 260 g/mol. The third kappa shape index (κ3) is 4.02. The summed E-state index contributed by atoms with van der Waals surface area (Å²) >= 11 is 6.04. The van der Waals surface area contributed by atoms with E-state index < -0.39 is 0 Å². The molecule has 1 aromatic rings. The summed E-state index contributed by atoms with van der Waals surface area (Å²) in [5, 5.41) is 4.26. The average Bonchev–Trinajstić information content (AvgIpc) is 2.66. The van der Waals surface area contributed by atoms with Crippen molar-refractivity contribution in [3.8, 4) is 5.75 Å². The minimum Gasteiger partial charge on any atom is -0.495 e. The summed E-state index contributed by atoms with van der Waals surface area (Å²) in [4.78, 5) is 2.52. The number of methoxy groups -OCH3 is 1. The second-order valence-corrected chi connectivity index (χ2v) is 5.46. The summed E-state index contributed by atoms with van der Waals surface area (Å²) < 4.78 is 5.25. The summed E-state index contributed by atoms with van der Waals surface area (Å²) in [7, 11) is 1.65. The molecule has 0 amide bonds. The van der Waals surface area contributed by atoms with Gasteiger partial charge in [-0.05, 0) is 44.5 Å². The number of nitrogens with zero attached hydrogens (tertiary/aromatic N) is 1. The van der Waals surface area contributed by atoms with Crippen molar-refractivity contribution in [3.05, 3.63) is 23.2 Å². The Bertz CT molecular complexity index is 411. The first-order valence-electron chi connectivity index (χ1n) is 7.05. The Labute approximate surface area is 120 Å². The highest BCUT2D eigenvalue weighted by Gasteiger charge is 2.16. The Balaban J connectivity index is 1.97. The van der Waals surface area contributed by atoms with Crippen LogP contribution in [0.25, 0.3) is 0 Å². The van der Waals surface area contributed by atoms with Gasteiger partial charge in [-0.15, -0.1) is 0 Å². The molecular formula is C15H23ClN2O. The van der Waals surface area contributed by atoms with E-state index in [0.29, 0.717) is 11.1 Å². The molecule has 19 heavy (non-hydrogen) atoms. The number of hydrogen-bond acceptors (Lipinski definition) is 3. The highest BCUT2D eigenvalue weighted by Crippen LogP contribution is 2.28. The van der Waals surface area contributed by atoms with Crippen LogP contribution in [0.2, 0.25) is 5.02 Å². The molecule has 0 bridgehead atoms. The van der Waals surface area contributed by atoms with Gasteiger partial charge < -0.3 is 15.0 Å². The van der Waals surface area contributed by atoms with Crippen LogP contribution >= 0.6 is 11.6 Å². The van der Waals surface area contributed by atoms with Gasteiger partial charge in [0.2, 0.25) is 0 Å². The van der Waals surface area contributed by atoms with Gasteiger partial charge in [0.25, 0.3) is 0 Å². The lowest BCUT2D eigenvalue weighted by Gasteiger charge is -2.19. The predicted molar refractivity (Wildman–Crippen MR) is 81.4 cm³/mol. The first-order chi connectivity index (χ1) is 9.22. The highest BCUT2D eigenvalue weighted by molar-refractivity contribution is 6.32. The van der Waals surface area contributed by atoms with Crippen molar-refractivity contribution in [2.75, 3.05) is 32.1 Å². The van der Waals surface area contributed by atoms with E-state index >= 15 is 0 Å². The van der Waals surface area contributed by atoms with Gasteiger partial charge in [0.1, 0.15) is 5.75 Å². The van der Waals surface area contributed by atoms with Crippen molar-refractivity contribution >= 4 is 17.3 Å². The molecule has 1 heterocycles. The van der Waals surface area contributed by atoms with Gasteiger partial charge in [-0.25, -0.2) is 0 Å². The normalized spacial score (nSPS) is 20.9. The molecule has 0 aliphatic carbocycles. The molecule has 4 heteroatoms. The van der Waals surface area contributed by atoms with E-state index in [1.807, 2.05) is 18.2 Å². The molecule has 0 aromatic heterocycles. The maximum Gasteiger partial charge on any atom is 0.139 e. The van der Waals surface area contributed by atoms with Crippen molar-refractivity contribution < 1.29 is 4.74 Å². The standard InChI is InChI=1S/C15H23ClN2O/c1-3-18-9-4-5-12(8-10-18)17-13-6-7-14(16)15(11-13)19-2/h6-7,11-12,17H,3-5,8-10H2,1-2H3. The zero-order chi connectivity index (χ0) is 13.7. The quantitative estimate of drug-likeness (QED) is 0.913. The van der Waals surface area contributed by atoms with Crippen LogP contribution in [0.4, 0.5) is 5.69 Å². The van der Waals surface area contributed by atoms with E-state index in [9.17, 15) is 0 Å². The first kappa shape index (κ1) is 14.5. The molecule has 1 atom stereocenters. The lowest BCUT2D eigenvalue weighted by atomic mass is 10.1. The van der Waals surface area contributed by atoms with Crippen LogP contribution in [0.1, 0.15) is 26.2 Å². The van der Waals surface area contributed by atoms with Gasteiger partial charge in [-0.3, -0.25) is 0 Å².